The van der Waals surface area contributed by atoms with Crippen molar-refractivity contribution in [3.05, 3.63) is 0 Å². The van der Waals surface area contributed by atoms with Crippen molar-refractivity contribution in [1.29, 1.82) is 0 Å². The standard InChI is InChI=1S/C11H19NO2/c1-11(2,3)14-10(13)12-8-9-6-4-5-7-9/h8-9H,4-7H2,1-3H3/b12-8+. The van der Waals surface area contributed by atoms with Crippen LogP contribution in [0.15, 0.2) is 4.99 Å². The maximum atomic E-state index is 11.2. The van der Waals surface area contributed by atoms with Crippen LogP contribution in [0.4, 0.5) is 4.79 Å². The van der Waals surface area contributed by atoms with Crippen LogP contribution in [0.3, 0.4) is 0 Å². The third-order valence-corrected chi connectivity index (χ3v) is 2.18. The molecule has 0 N–H and O–H groups in total. The predicted molar refractivity (Wildman–Crippen MR) is 56.7 cm³/mol. The summed E-state index contributed by atoms with van der Waals surface area (Å²) >= 11 is 0. The first-order valence-corrected chi connectivity index (χ1v) is 5.24. The third kappa shape index (κ3) is 4.40. The summed E-state index contributed by atoms with van der Waals surface area (Å²) in [6.07, 6.45) is 6.11. The smallest absolute Gasteiger partial charge is 0.433 e. The number of carbonyl (C=O) groups is 1. The SMILES string of the molecule is CC(C)(C)OC(=O)/N=C/C1CCCC1. The van der Waals surface area contributed by atoms with Crippen molar-refractivity contribution >= 4 is 12.3 Å². The first-order valence-electron chi connectivity index (χ1n) is 5.24. The summed E-state index contributed by atoms with van der Waals surface area (Å²) in [5.74, 6) is 0.488. The highest BCUT2D eigenvalue weighted by atomic mass is 16.6. The van der Waals surface area contributed by atoms with Crippen molar-refractivity contribution in [3.63, 3.8) is 0 Å². The van der Waals surface area contributed by atoms with Gasteiger partial charge in [-0.05, 0) is 39.5 Å². The van der Waals surface area contributed by atoms with Crippen molar-refractivity contribution in [3.8, 4) is 0 Å². The van der Waals surface area contributed by atoms with E-state index >= 15 is 0 Å². The lowest BCUT2D eigenvalue weighted by Crippen LogP contribution is -2.22. The maximum Gasteiger partial charge on any atom is 0.433 e. The van der Waals surface area contributed by atoms with E-state index in [1.54, 1.807) is 6.21 Å². The Morgan fingerprint density at radius 3 is 2.43 bits per heavy atom. The second-order valence-electron chi connectivity index (χ2n) is 4.80. The molecule has 0 atom stereocenters. The second kappa shape index (κ2) is 4.58. The molecule has 0 aromatic heterocycles. The molecule has 0 radical (unpaired) electrons. The van der Waals surface area contributed by atoms with Crippen molar-refractivity contribution in [2.45, 2.75) is 52.1 Å². The average Bonchev–Trinajstić information content (AvgIpc) is 2.49. The van der Waals surface area contributed by atoms with Gasteiger partial charge in [0.25, 0.3) is 0 Å². The summed E-state index contributed by atoms with van der Waals surface area (Å²) in [6.45, 7) is 5.53. The summed E-state index contributed by atoms with van der Waals surface area (Å²) in [6, 6.07) is 0. The van der Waals surface area contributed by atoms with Crippen LogP contribution in [-0.2, 0) is 4.74 Å². The van der Waals surface area contributed by atoms with Crippen LogP contribution in [0, 0.1) is 5.92 Å². The Labute approximate surface area is 85.6 Å². The molecule has 1 rings (SSSR count). The van der Waals surface area contributed by atoms with Crippen LogP contribution in [0.2, 0.25) is 0 Å². The van der Waals surface area contributed by atoms with E-state index in [0.717, 1.165) is 12.8 Å². The quantitative estimate of drug-likeness (QED) is 0.605. The number of aliphatic imine (C=N–C) groups is 1. The zero-order valence-electron chi connectivity index (χ0n) is 9.25. The molecule has 0 bridgehead atoms. The second-order valence-corrected chi connectivity index (χ2v) is 4.80. The van der Waals surface area contributed by atoms with Gasteiger partial charge in [0.05, 0.1) is 0 Å². The lowest BCUT2D eigenvalue weighted by Gasteiger charge is -2.17. The molecule has 0 aromatic carbocycles. The minimum atomic E-state index is -0.468. The molecule has 0 aliphatic heterocycles. The molecule has 1 aliphatic rings. The topological polar surface area (TPSA) is 38.7 Å². The molecular formula is C11H19NO2. The third-order valence-electron chi connectivity index (χ3n) is 2.18. The molecule has 0 spiro atoms. The summed E-state index contributed by atoms with van der Waals surface area (Å²) in [4.78, 5) is 15.0. The van der Waals surface area contributed by atoms with Gasteiger partial charge in [0, 0.05) is 6.21 Å². The van der Waals surface area contributed by atoms with E-state index in [9.17, 15) is 4.79 Å². The van der Waals surface area contributed by atoms with Gasteiger partial charge in [-0.2, -0.15) is 4.99 Å². The fraction of sp³-hybridized carbons (Fsp3) is 0.818. The highest BCUT2D eigenvalue weighted by Crippen LogP contribution is 2.22. The average molecular weight is 197 g/mol. The summed E-state index contributed by atoms with van der Waals surface area (Å²) in [5, 5.41) is 0. The molecule has 0 unspecified atom stereocenters. The van der Waals surface area contributed by atoms with E-state index in [1.165, 1.54) is 12.8 Å². The normalized spacial score (nSPS) is 19.1. The van der Waals surface area contributed by atoms with Crippen molar-refractivity contribution in [1.82, 2.24) is 0 Å². The molecule has 1 amide bonds. The monoisotopic (exact) mass is 197 g/mol. The number of rotatable bonds is 1. The molecule has 80 valence electrons. The molecule has 0 aromatic rings. The van der Waals surface area contributed by atoms with Gasteiger partial charge in [0.2, 0.25) is 0 Å². The highest BCUT2D eigenvalue weighted by molar-refractivity contribution is 5.80. The van der Waals surface area contributed by atoms with Gasteiger partial charge in [0.15, 0.2) is 0 Å². The molecule has 1 saturated carbocycles. The number of ether oxygens (including phenoxy) is 1. The van der Waals surface area contributed by atoms with Crippen LogP contribution in [0.1, 0.15) is 46.5 Å². The fourth-order valence-corrected chi connectivity index (χ4v) is 1.56. The Kier molecular flexibility index (Phi) is 3.67. The molecule has 14 heavy (non-hydrogen) atoms. The summed E-state index contributed by atoms with van der Waals surface area (Å²) < 4.78 is 5.06. The molecule has 3 heteroatoms. The van der Waals surface area contributed by atoms with E-state index < -0.39 is 11.7 Å². The zero-order valence-corrected chi connectivity index (χ0v) is 9.25. The van der Waals surface area contributed by atoms with Gasteiger partial charge in [-0.1, -0.05) is 12.8 Å². The first kappa shape index (κ1) is 11.2. The number of hydrogen-bond acceptors (Lipinski definition) is 2. The lowest BCUT2D eigenvalue weighted by molar-refractivity contribution is 0.0604. The fourth-order valence-electron chi connectivity index (χ4n) is 1.56. The molecule has 1 aliphatic carbocycles. The van der Waals surface area contributed by atoms with Gasteiger partial charge in [-0.25, -0.2) is 4.79 Å². The molecule has 3 nitrogen and oxygen atoms in total. The van der Waals surface area contributed by atoms with E-state index in [1.807, 2.05) is 20.8 Å². The van der Waals surface area contributed by atoms with Gasteiger partial charge in [-0.15, -0.1) is 0 Å². The van der Waals surface area contributed by atoms with Crippen molar-refractivity contribution in [2.24, 2.45) is 10.9 Å². The van der Waals surface area contributed by atoms with E-state index in [2.05, 4.69) is 4.99 Å². The van der Waals surface area contributed by atoms with Gasteiger partial charge >= 0.3 is 6.09 Å². The van der Waals surface area contributed by atoms with Gasteiger partial charge < -0.3 is 4.74 Å². The van der Waals surface area contributed by atoms with Crippen molar-refractivity contribution in [2.75, 3.05) is 0 Å². The Morgan fingerprint density at radius 2 is 1.93 bits per heavy atom. The lowest BCUT2D eigenvalue weighted by atomic mass is 10.1. The molecule has 0 saturated heterocycles. The minimum absolute atomic E-state index is 0.440. The van der Waals surface area contributed by atoms with Crippen molar-refractivity contribution < 1.29 is 9.53 Å². The Hall–Kier alpha value is -0.860. The van der Waals surface area contributed by atoms with Gasteiger partial charge in [-0.3, -0.25) is 0 Å². The van der Waals surface area contributed by atoms with E-state index in [0.29, 0.717) is 5.92 Å². The van der Waals surface area contributed by atoms with Crippen LogP contribution >= 0.6 is 0 Å². The highest BCUT2D eigenvalue weighted by Gasteiger charge is 2.16. The van der Waals surface area contributed by atoms with Crippen LogP contribution in [0.5, 0.6) is 0 Å². The number of nitrogens with zero attached hydrogens (tertiary/aromatic N) is 1. The first-order chi connectivity index (χ1) is 6.47. The Balaban J connectivity index is 2.32. The molecule has 0 heterocycles. The van der Waals surface area contributed by atoms with E-state index in [4.69, 9.17) is 4.74 Å². The predicted octanol–water partition coefficient (Wildman–Crippen LogP) is 3.18. The minimum Gasteiger partial charge on any atom is -0.442 e. The molecular weight excluding hydrogens is 178 g/mol. The largest absolute Gasteiger partial charge is 0.442 e. The Morgan fingerprint density at radius 1 is 1.36 bits per heavy atom. The molecule has 1 fully saturated rings. The number of amides is 1. The number of hydrogen-bond donors (Lipinski definition) is 0. The number of carbonyl (C=O) groups excluding carboxylic acids is 1. The summed E-state index contributed by atoms with van der Waals surface area (Å²) in [5.41, 5.74) is -0.440. The van der Waals surface area contributed by atoms with E-state index in [-0.39, 0.29) is 0 Å². The van der Waals surface area contributed by atoms with Crippen LogP contribution < -0.4 is 0 Å². The Bertz CT molecular complexity index is 222. The summed E-state index contributed by atoms with van der Waals surface area (Å²) in [7, 11) is 0. The maximum absolute atomic E-state index is 11.2. The van der Waals surface area contributed by atoms with Crippen LogP contribution in [-0.4, -0.2) is 17.9 Å². The van der Waals surface area contributed by atoms with Crippen LogP contribution in [0.25, 0.3) is 0 Å². The zero-order chi connectivity index (χ0) is 10.6. The van der Waals surface area contributed by atoms with Gasteiger partial charge in [0.1, 0.15) is 5.60 Å².